The highest BCUT2D eigenvalue weighted by atomic mass is 19.3. The number of ether oxygens (including phenoxy) is 1. The van der Waals surface area contributed by atoms with Crippen LogP contribution in [0.3, 0.4) is 0 Å². The van der Waals surface area contributed by atoms with Crippen molar-refractivity contribution in [1.82, 2.24) is 0 Å². The summed E-state index contributed by atoms with van der Waals surface area (Å²) < 4.78 is 78.6. The Balaban J connectivity index is 1.69. The second-order valence-electron chi connectivity index (χ2n) is 9.92. The normalized spacial score (nSPS) is 19.7. The van der Waals surface area contributed by atoms with E-state index in [4.69, 9.17) is 4.74 Å². The number of alkyl halides is 2. The molecular formula is C29H37F5O. The standard InChI is InChI=1S/C29H37F5O/c1-4-6-7-9-20-10-12-21(13-11-20)24-16-17-25(28(32)27(24)31)29(33,34)35-19(3)23-15-14-22(8-5-2)26(30)18-23/h14-21H,4-13H2,1-3H3. The van der Waals surface area contributed by atoms with Gasteiger partial charge in [-0.25, -0.2) is 13.2 Å². The van der Waals surface area contributed by atoms with Crippen molar-refractivity contribution in [2.45, 2.75) is 103 Å². The molecule has 2 aromatic rings. The van der Waals surface area contributed by atoms with Gasteiger partial charge in [-0.3, -0.25) is 0 Å². The van der Waals surface area contributed by atoms with Crippen molar-refractivity contribution in [3.63, 3.8) is 0 Å². The van der Waals surface area contributed by atoms with Crippen LogP contribution in [-0.4, -0.2) is 0 Å². The van der Waals surface area contributed by atoms with Crippen molar-refractivity contribution in [3.05, 3.63) is 70.0 Å². The highest BCUT2D eigenvalue weighted by molar-refractivity contribution is 5.31. The molecule has 0 saturated heterocycles. The lowest BCUT2D eigenvalue weighted by Crippen LogP contribution is -2.23. The van der Waals surface area contributed by atoms with Gasteiger partial charge in [0.15, 0.2) is 11.6 Å². The van der Waals surface area contributed by atoms with Crippen LogP contribution in [0.2, 0.25) is 0 Å². The molecule has 0 amide bonds. The highest BCUT2D eigenvalue weighted by Gasteiger charge is 2.40. The van der Waals surface area contributed by atoms with Crippen molar-refractivity contribution < 1.29 is 26.7 Å². The third-order valence-corrected chi connectivity index (χ3v) is 7.32. The fourth-order valence-electron chi connectivity index (χ4n) is 5.19. The molecular weight excluding hydrogens is 459 g/mol. The summed E-state index contributed by atoms with van der Waals surface area (Å²) in [7, 11) is 0. The molecule has 1 aliphatic rings. The second kappa shape index (κ2) is 12.3. The minimum absolute atomic E-state index is 0.163. The zero-order valence-corrected chi connectivity index (χ0v) is 21.0. The van der Waals surface area contributed by atoms with Gasteiger partial charge >= 0.3 is 6.11 Å². The fourth-order valence-corrected chi connectivity index (χ4v) is 5.19. The van der Waals surface area contributed by atoms with Gasteiger partial charge in [-0.2, -0.15) is 8.78 Å². The van der Waals surface area contributed by atoms with Crippen LogP contribution in [0.15, 0.2) is 30.3 Å². The zero-order chi connectivity index (χ0) is 25.6. The van der Waals surface area contributed by atoms with Crippen LogP contribution < -0.4 is 0 Å². The van der Waals surface area contributed by atoms with Crippen LogP contribution in [0, 0.1) is 23.4 Å². The molecule has 0 bridgehead atoms. The molecule has 0 heterocycles. The molecule has 1 fully saturated rings. The van der Waals surface area contributed by atoms with Crippen LogP contribution in [-0.2, 0) is 17.3 Å². The van der Waals surface area contributed by atoms with Crippen LogP contribution in [0.1, 0.15) is 113 Å². The maximum Gasteiger partial charge on any atom is 0.386 e. The molecule has 0 aromatic heterocycles. The number of aryl methyl sites for hydroxylation is 1. The molecule has 0 N–H and O–H groups in total. The molecule has 1 nitrogen and oxygen atoms in total. The first-order chi connectivity index (χ1) is 16.7. The quantitative estimate of drug-likeness (QED) is 0.222. The number of unbranched alkanes of at least 4 members (excludes halogenated alkanes) is 2. The largest absolute Gasteiger partial charge is 0.386 e. The van der Waals surface area contributed by atoms with Crippen LogP contribution in [0.25, 0.3) is 0 Å². The van der Waals surface area contributed by atoms with E-state index in [1.165, 1.54) is 38.3 Å². The van der Waals surface area contributed by atoms with Crippen molar-refractivity contribution >= 4 is 0 Å². The number of rotatable bonds is 11. The molecule has 2 aromatic carbocycles. The van der Waals surface area contributed by atoms with Gasteiger partial charge in [0.05, 0.1) is 11.7 Å². The van der Waals surface area contributed by atoms with Gasteiger partial charge in [0.25, 0.3) is 0 Å². The zero-order valence-electron chi connectivity index (χ0n) is 21.0. The van der Waals surface area contributed by atoms with Crippen molar-refractivity contribution in [2.24, 2.45) is 5.92 Å². The van der Waals surface area contributed by atoms with Gasteiger partial charge < -0.3 is 4.74 Å². The Morgan fingerprint density at radius 1 is 0.914 bits per heavy atom. The molecule has 1 atom stereocenters. The van der Waals surface area contributed by atoms with Crippen LogP contribution >= 0.6 is 0 Å². The van der Waals surface area contributed by atoms with Crippen molar-refractivity contribution in [2.75, 3.05) is 0 Å². The predicted molar refractivity (Wildman–Crippen MR) is 129 cm³/mol. The van der Waals surface area contributed by atoms with Crippen LogP contribution in [0.4, 0.5) is 22.0 Å². The van der Waals surface area contributed by atoms with Gasteiger partial charge in [0.2, 0.25) is 0 Å². The van der Waals surface area contributed by atoms with Crippen molar-refractivity contribution in [1.29, 1.82) is 0 Å². The van der Waals surface area contributed by atoms with Crippen molar-refractivity contribution in [3.8, 4) is 0 Å². The third-order valence-electron chi connectivity index (χ3n) is 7.32. The number of benzene rings is 2. The summed E-state index contributed by atoms with van der Waals surface area (Å²) in [5, 5.41) is 0. The van der Waals surface area contributed by atoms with E-state index in [1.54, 1.807) is 6.07 Å². The van der Waals surface area contributed by atoms with Crippen LogP contribution in [0.5, 0.6) is 0 Å². The minimum atomic E-state index is -4.07. The smallest absolute Gasteiger partial charge is 0.309 e. The first kappa shape index (κ1) is 27.6. The highest BCUT2D eigenvalue weighted by Crippen LogP contribution is 2.42. The first-order valence-corrected chi connectivity index (χ1v) is 13.0. The summed E-state index contributed by atoms with van der Waals surface area (Å²) in [5.41, 5.74) is -0.276. The molecule has 0 spiro atoms. The Labute approximate surface area is 206 Å². The Bertz CT molecular complexity index is 966. The number of halogens is 5. The summed E-state index contributed by atoms with van der Waals surface area (Å²) in [6.07, 6.45) is 4.07. The van der Waals surface area contributed by atoms with Gasteiger partial charge in [0.1, 0.15) is 5.82 Å². The van der Waals surface area contributed by atoms with E-state index in [-0.39, 0.29) is 17.0 Å². The van der Waals surface area contributed by atoms with E-state index < -0.39 is 35.2 Å². The third kappa shape index (κ3) is 6.84. The number of hydrogen-bond acceptors (Lipinski definition) is 1. The lowest BCUT2D eigenvalue weighted by Gasteiger charge is -2.29. The summed E-state index contributed by atoms with van der Waals surface area (Å²) in [4.78, 5) is 0. The average molecular weight is 497 g/mol. The van der Waals surface area contributed by atoms with E-state index in [0.717, 1.165) is 50.7 Å². The van der Waals surface area contributed by atoms with E-state index in [1.807, 2.05) is 6.92 Å². The fraction of sp³-hybridized carbons (Fsp3) is 0.586. The molecule has 3 rings (SSSR count). The molecule has 35 heavy (non-hydrogen) atoms. The van der Waals surface area contributed by atoms with Gasteiger partial charge in [-0.15, -0.1) is 0 Å². The Hall–Kier alpha value is -1.95. The van der Waals surface area contributed by atoms with Gasteiger partial charge in [-0.1, -0.05) is 64.2 Å². The maximum atomic E-state index is 14.9. The van der Waals surface area contributed by atoms with Gasteiger partial charge in [-0.05, 0) is 79.7 Å². The van der Waals surface area contributed by atoms with Gasteiger partial charge in [0, 0.05) is 0 Å². The topological polar surface area (TPSA) is 9.23 Å². The molecule has 1 aliphatic carbocycles. The SMILES string of the molecule is CCCCCC1CCC(c2ccc(C(F)(F)OC(C)c3ccc(CCC)c(F)c3)c(F)c2F)CC1. The first-order valence-electron chi connectivity index (χ1n) is 13.0. The lowest BCUT2D eigenvalue weighted by atomic mass is 9.76. The summed E-state index contributed by atoms with van der Waals surface area (Å²) in [6.45, 7) is 5.42. The Morgan fingerprint density at radius 3 is 2.26 bits per heavy atom. The molecule has 0 aliphatic heterocycles. The monoisotopic (exact) mass is 496 g/mol. The van der Waals surface area contributed by atoms with E-state index in [9.17, 15) is 22.0 Å². The summed E-state index contributed by atoms with van der Waals surface area (Å²) in [5.74, 6) is -2.86. The van der Waals surface area contributed by atoms with E-state index in [2.05, 4.69) is 6.92 Å². The molecule has 6 heteroatoms. The Kier molecular flexibility index (Phi) is 9.74. The molecule has 0 radical (unpaired) electrons. The Morgan fingerprint density at radius 2 is 1.63 bits per heavy atom. The van der Waals surface area contributed by atoms with E-state index in [0.29, 0.717) is 17.9 Å². The average Bonchev–Trinajstić information content (AvgIpc) is 2.82. The number of hydrogen-bond donors (Lipinski definition) is 0. The molecule has 1 unspecified atom stereocenters. The summed E-state index contributed by atoms with van der Waals surface area (Å²) in [6, 6.07) is 6.42. The molecule has 194 valence electrons. The van der Waals surface area contributed by atoms with E-state index >= 15 is 0 Å². The summed E-state index contributed by atoms with van der Waals surface area (Å²) >= 11 is 0. The maximum absolute atomic E-state index is 14.9. The predicted octanol–water partition coefficient (Wildman–Crippen LogP) is 9.74. The second-order valence-corrected chi connectivity index (χ2v) is 9.92. The molecule has 1 saturated carbocycles. The minimum Gasteiger partial charge on any atom is -0.309 e. The lowest BCUT2D eigenvalue weighted by molar-refractivity contribution is -0.273.